The molecule has 0 amide bonds. The summed E-state index contributed by atoms with van der Waals surface area (Å²) in [5.74, 6) is 1.50. The number of nitrogens with zero attached hydrogens (tertiary/aromatic N) is 1. The maximum absolute atomic E-state index is 5.69. The molecule has 2 nitrogen and oxygen atoms in total. The van der Waals surface area contributed by atoms with Gasteiger partial charge in [0, 0.05) is 0 Å². The van der Waals surface area contributed by atoms with Crippen LogP contribution in [0.4, 0.5) is 0 Å². The summed E-state index contributed by atoms with van der Waals surface area (Å²) in [6, 6.07) is 11.5. The minimum Gasteiger partial charge on any atom is -0.456 e. The average Bonchev–Trinajstić information content (AvgIpc) is 2.33. The molecule has 0 saturated carbocycles. The van der Waals surface area contributed by atoms with E-state index in [-0.39, 0.29) is 0 Å². The van der Waals surface area contributed by atoms with Crippen molar-refractivity contribution in [2.75, 3.05) is 0 Å². The maximum atomic E-state index is 5.69. The molecule has 2 rings (SSSR count). The number of benzene rings is 1. The summed E-state index contributed by atoms with van der Waals surface area (Å²) >= 11 is 5.69. The third-order valence-corrected chi connectivity index (χ3v) is 2.49. The summed E-state index contributed by atoms with van der Waals surface area (Å²) < 4.78 is 5.61. The smallest absolute Gasteiger partial charge is 0.145 e. The van der Waals surface area contributed by atoms with Crippen LogP contribution in [0.15, 0.2) is 42.6 Å². The van der Waals surface area contributed by atoms with E-state index in [0.717, 1.165) is 12.2 Å². The quantitative estimate of drug-likeness (QED) is 0.745. The molecule has 0 saturated heterocycles. The van der Waals surface area contributed by atoms with E-state index in [9.17, 15) is 0 Å². The normalized spacial score (nSPS) is 10.1. The molecule has 0 unspecified atom stereocenters. The van der Waals surface area contributed by atoms with Gasteiger partial charge in [-0.05, 0) is 36.2 Å². The van der Waals surface area contributed by atoms with Gasteiger partial charge in [0.1, 0.15) is 16.7 Å². The first-order valence-electron chi connectivity index (χ1n) is 5.16. The van der Waals surface area contributed by atoms with Gasteiger partial charge in [0.15, 0.2) is 0 Å². The number of rotatable bonds is 3. The van der Waals surface area contributed by atoms with Crippen molar-refractivity contribution < 1.29 is 4.74 Å². The van der Waals surface area contributed by atoms with Crippen molar-refractivity contribution in [3.63, 3.8) is 0 Å². The Balaban J connectivity index is 2.11. The molecule has 0 fully saturated rings. The first-order valence-corrected chi connectivity index (χ1v) is 5.54. The topological polar surface area (TPSA) is 22.1 Å². The van der Waals surface area contributed by atoms with E-state index in [4.69, 9.17) is 16.3 Å². The van der Waals surface area contributed by atoms with Crippen molar-refractivity contribution in [2.45, 2.75) is 13.3 Å². The van der Waals surface area contributed by atoms with Gasteiger partial charge in [0.05, 0.1) is 6.20 Å². The zero-order valence-corrected chi connectivity index (χ0v) is 9.74. The molecule has 1 aromatic heterocycles. The summed E-state index contributed by atoms with van der Waals surface area (Å²) in [6.45, 7) is 2.12. The molecule has 0 atom stereocenters. The summed E-state index contributed by atoms with van der Waals surface area (Å²) in [7, 11) is 0. The van der Waals surface area contributed by atoms with Crippen molar-refractivity contribution in [2.24, 2.45) is 0 Å². The number of aryl methyl sites for hydroxylation is 1. The lowest BCUT2D eigenvalue weighted by molar-refractivity contribution is 0.480. The van der Waals surface area contributed by atoms with Crippen LogP contribution in [0.2, 0.25) is 5.15 Å². The Kier molecular flexibility index (Phi) is 3.42. The van der Waals surface area contributed by atoms with Crippen molar-refractivity contribution in [3.05, 3.63) is 53.3 Å². The predicted molar refractivity (Wildman–Crippen MR) is 65.1 cm³/mol. The van der Waals surface area contributed by atoms with E-state index < -0.39 is 0 Å². The van der Waals surface area contributed by atoms with Gasteiger partial charge in [-0.15, -0.1) is 0 Å². The second-order valence-corrected chi connectivity index (χ2v) is 3.80. The molecule has 2 aromatic rings. The van der Waals surface area contributed by atoms with Crippen LogP contribution in [-0.2, 0) is 6.42 Å². The molecule has 3 heteroatoms. The highest BCUT2D eigenvalue weighted by molar-refractivity contribution is 6.29. The third kappa shape index (κ3) is 2.74. The van der Waals surface area contributed by atoms with Crippen molar-refractivity contribution in [1.29, 1.82) is 0 Å². The number of pyridine rings is 1. The van der Waals surface area contributed by atoms with Crippen molar-refractivity contribution >= 4 is 11.6 Å². The predicted octanol–water partition coefficient (Wildman–Crippen LogP) is 4.09. The summed E-state index contributed by atoms with van der Waals surface area (Å²) in [6.07, 6.45) is 2.64. The lowest BCUT2D eigenvalue weighted by Crippen LogP contribution is -1.86. The number of hydrogen-bond donors (Lipinski definition) is 0. The van der Waals surface area contributed by atoms with Crippen molar-refractivity contribution in [1.82, 2.24) is 4.98 Å². The van der Waals surface area contributed by atoms with E-state index in [1.54, 1.807) is 18.3 Å². The Labute approximate surface area is 99.9 Å². The zero-order chi connectivity index (χ0) is 11.4. The van der Waals surface area contributed by atoms with Gasteiger partial charge in [-0.25, -0.2) is 4.98 Å². The summed E-state index contributed by atoms with van der Waals surface area (Å²) in [5, 5.41) is 0.466. The second kappa shape index (κ2) is 4.99. The highest BCUT2D eigenvalue weighted by Crippen LogP contribution is 2.21. The molecule has 0 aliphatic carbocycles. The first kappa shape index (κ1) is 11.0. The van der Waals surface area contributed by atoms with Crippen LogP contribution >= 0.6 is 11.6 Å². The molecular formula is C13H12ClNO. The molecule has 1 aromatic carbocycles. The van der Waals surface area contributed by atoms with Crippen LogP contribution < -0.4 is 4.74 Å². The highest BCUT2D eigenvalue weighted by Gasteiger charge is 1.98. The van der Waals surface area contributed by atoms with Crippen LogP contribution in [0.25, 0.3) is 0 Å². The standard InChI is InChI=1S/C13H12ClNO/c1-2-10-3-5-11(6-4-10)16-12-7-8-13(14)15-9-12/h3-9H,2H2,1H3. The SMILES string of the molecule is CCc1ccc(Oc2ccc(Cl)nc2)cc1. The summed E-state index contributed by atoms with van der Waals surface area (Å²) in [4.78, 5) is 3.95. The van der Waals surface area contributed by atoms with E-state index >= 15 is 0 Å². The van der Waals surface area contributed by atoms with Gasteiger partial charge in [0.2, 0.25) is 0 Å². The fraction of sp³-hybridized carbons (Fsp3) is 0.154. The average molecular weight is 234 g/mol. The molecule has 0 radical (unpaired) electrons. The van der Waals surface area contributed by atoms with Gasteiger partial charge < -0.3 is 4.74 Å². The van der Waals surface area contributed by atoms with Crippen molar-refractivity contribution in [3.8, 4) is 11.5 Å². The van der Waals surface area contributed by atoms with Crippen LogP contribution in [0, 0.1) is 0 Å². The Bertz CT molecular complexity index is 450. The minimum atomic E-state index is 0.466. The minimum absolute atomic E-state index is 0.466. The fourth-order valence-corrected chi connectivity index (χ4v) is 1.46. The number of halogens is 1. The van der Waals surface area contributed by atoms with Crippen LogP contribution in [0.5, 0.6) is 11.5 Å². The number of hydrogen-bond acceptors (Lipinski definition) is 2. The van der Waals surface area contributed by atoms with Gasteiger partial charge in [-0.2, -0.15) is 0 Å². The monoisotopic (exact) mass is 233 g/mol. The van der Waals surface area contributed by atoms with Crippen LogP contribution in [-0.4, -0.2) is 4.98 Å². The Hall–Kier alpha value is -1.54. The molecular weight excluding hydrogens is 222 g/mol. The van der Waals surface area contributed by atoms with Gasteiger partial charge in [0.25, 0.3) is 0 Å². The Morgan fingerprint density at radius 1 is 1.06 bits per heavy atom. The lowest BCUT2D eigenvalue weighted by Gasteiger charge is -2.05. The van der Waals surface area contributed by atoms with Crippen LogP contribution in [0.1, 0.15) is 12.5 Å². The van der Waals surface area contributed by atoms with E-state index in [0.29, 0.717) is 10.9 Å². The maximum Gasteiger partial charge on any atom is 0.145 e. The fourth-order valence-electron chi connectivity index (χ4n) is 1.35. The summed E-state index contributed by atoms with van der Waals surface area (Å²) in [5.41, 5.74) is 1.29. The largest absolute Gasteiger partial charge is 0.456 e. The second-order valence-electron chi connectivity index (χ2n) is 3.42. The molecule has 0 bridgehead atoms. The molecule has 0 aliphatic heterocycles. The Morgan fingerprint density at radius 2 is 1.75 bits per heavy atom. The zero-order valence-electron chi connectivity index (χ0n) is 8.98. The third-order valence-electron chi connectivity index (χ3n) is 2.27. The van der Waals surface area contributed by atoms with Gasteiger partial charge in [-0.1, -0.05) is 30.7 Å². The molecule has 82 valence electrons. The Morgan fingerprint density at radius 3 is 2.31 bits per heavy atom. The van der Waals surface area contributed by atoms with Gasteiger partial charge in [-0.3, -0.25) is 0 Å². The lowest BCUT2D eigenvalue weighted by atomic mass is 10.2. The van der Waals surface area contributed by atoms with E-state index in [2.05, 4.69) is 24.0 Å². The van der Waals surface area contributed by atoms with E-state index in [1.807, 2.05) is 12.1 Å². The van der Waals surface area contributed by atoms with Gasteiger partial charge >= 0.3 is 0 Å². The molecule has 1 heterocycles. The number of ether oxygens (including phenoxy) is 1. The molecule has 16 heavy (non-hydrogen) atoms. The molecule has 0 spiro atoms. The van der Waals surface area contributed by atoms with Crippen LogP contribution in [0.3, 0.4) is 0 Å². The van der Waals surface area contributed by atoms with E-state index in [1.165, 1.54) is 5.56 Å². The molecule has 0 aliphatic rings. The first-order chi connectivity index (χ1) is 7.78. The number of aromatic nitrogens is 1. The molecule has 0 N–H and O–H groups in total. The highest BCUT2D eigenvalue weighted by atomic mass is 35.5.